The van der Waals surface area contributed by atoms with Crippen molar-refractivity contribution in [3.8, 4) is 95.1 Å². The molecule has 0 unspecified atom stereocenters. The molecular weight excluding hydrogens is 1750 g/mol. The Labute approximate surface area is 856 Å². The largest absolute Gasteiger partial charge is 0.309 e. The highest BCUT2D eigenvalue weighted by Gasteiger charge is 2.61. The van der Waals surface area contributed by atoms with E-state index in [9.17, 15) is 0 Å². The van der Waals surface area contributed by atoms with Crippen LogP contribution >= 0.6 is 0 Å². The van der Waals surface area contributed by atoms with Crippen molar-refractivity contribution in [2.24, 2.45) is 16.2 Å². The maximum atomic E-state index is 4.59. The highest BCUT2D eigenvalue weighted by Crippen LogP contribution is 2.70. The topological polar surface area (TPSA) is 27.7 Å². The fourth-order valence-corrected chi connectivity index (χ4v) is 30.4. The van der Waals surface area contributed by atoms with Crippen molar-refractivity contribution in [2.45, 2.75) is 240 Å². The Balaban J connectivity index is 0.000000109. The standard InChI is InChI=1S/C55H47N.C45H45N.C41H40N2/c1-51(2)41-21-13-9-20-36(41)38-28-39-40-29-47-48(53(5,6)54(7,8)52(47,3)4)31-50(40)56(49(39)30-45(38)51)32-25-26-37-35-19-12-16-24-44(35)55(46(37)27-32)42-22-14-10-17-33(42)34-18-11-15-23-43(34)55;1-41(2)33-17-13-11-15-27(33)29-20-19-26(21-35(29)41)46-39-24-36-30(28-16-12-14-18-34(28)42(36,3)4)22-31(39)32-23-37-38(25-40(32)46)44(7,8)45(9,10)43(37,5)6;1-38(2)31-14-10-9-13-27(31)28-21-29-30-22-33-34(40(5,6)41(7,8)39(33,3)4)24-37(30)43(36(29)23-32(28)38)26-18-16-25(17-19-26)35-15-11-12-20-42-35/h9-31H,1-8H3;11-25H,1-10H3;9-24H,1-8H3. The molecule has 4 heteroatoms. The molecule has 0 atom stereocenters. The number of pyridine rings is 1. The minimum Gasteiger partial charge on any atom is -0.309 e. The lowest BCUT2D eigenvalue weighted by atomic mass is 9.59. The number of rotatable bonds is 4. The fourth-order valence-electron chi connectivity index (χ4n) is 30.4. The molecule has 0 bridgehead atoms. The van der Waals surface area contributed by atoms with Gasteiger partial charge in [-0.2, -0.15) is 0 Å². The molecule has 0 aliphatic heterocycles. The van der Waals surface area contributed by atoms with E-state index in [0.29, 0.717) is 0 Å². The van der Waals surface area contributed by atoms with Gasteiger partial charge < -0.3 is 13.7 Å². The number of aromatic nitrogens is 4. The maximum absolute atomic E-state index is 4.59. The zero-order chi connectivity index (χ0) is 101. The van der Waals surface area contributed by atoms with Gasteiger partial charge in [-0.15, -0.1) is 0 Å². The van der Waals surface area contributed by atoms with Crippen LogP contribution in [0, 0.1) is 16.2 Å². The summed E-state index contributed by atoms with van der Waals surface area (Å²) in [5, 5.41) is 8.07. The van der Waals surface area contributed by atoms with Crippen LogP contribution in [0.15, 0.2) is 328 Å². The first-order valence-corrected chi connectivity index (χ1v) is 53.3. The molecule has 145 heavy (non-hydrogen) atoms. The summed E-state index contributed by atoms with van der Waals surface area (Å²) in [4.78, 5) is 4.59. The maximum Gasteiger partial charge on any atom is 0.0726 e. The molecule has 9 aliphatic rings. The molecule has 4 nitrogen and oxygen atoms in total. The van der Waals surface area contributed by atoms with Crippen LogP contribution in [-0.4, -0.2) is 18.7 Å². The van der Waals surface area contributed by atoms with E-state index in [1.165, 1.54) is 249 Å². The van der Waals surface area contributed by atoms with E-state index < -0.39 is 5.41 Å². The van der Waals surface area contributed by atoms with Gasteiger partial charge in [0.25, 0.3) is 0 Å². The van der Waals surface area contributed by atoms with Gasteiger partial charge in [0.15, 0.2) is 0 Å². The molecule has 716 valence electrons. The first kappa shape index (κ1) is 89.9. The van der Waals surface area contributed by atoms with Crippen molar-refractivity contribution < 1.29 is 0 Å². The lowest BCUT2D eigenvalue weighted by molar-refractivity contribution is 0.125. The number of benzene rings is 16. The Morgan fingerprint density at radius 3 is 0.690 bits per heavy atom. The van der Waals surface area contributed by atoms with Crippen molar-refractivity contribution in [1.82, 2.24) is 18.7 Å². The summed E-state index contributed by atoms with van der Waals surface area (Å²) in [5.74, 6) is 0. The van der Waals surface area contributed by atoms with Crippen molar-refractivity contribution in [3.05, 3.63) is 428 Å². The summed E-state index contributed by atoms with van der Waals surface area (Å²) in [6.45, 7) is 63.4. The average molecular weight is 1880 g/mol. The summed E-state index contributed by atoms with van der Waals surface area (Å²) in [7, 11) is 0. The van der Waals surface area contributed by atoms with Gasteiger partial charge >= 0.3 is 0 Å². The molecule has 0 fully saturated rings. The first-order valence-electron chi connectivity index (χ1n) is 53.3. The predicted molar refractivity (Wildman–Crippen MR) is 612 cm³/mol. The number of hydrogen-bond acceptors (Lipinski definition) is 1. The molecule has 9 aliphatic carbocycles. The molecular formula is C141H132N4. The van der Waals surface area contributed by atoms with Crippen molar-refractivity contribution >= 4 is 65.4 Å². The third kappa shape index (κ3) is 11.0. The van der Waals surface area contributed by atoms with Crippen LogP contribution in [-0.2, 0) is 59.6 Å². The second-order valence-corrected chi connectivity index (χ2v) is 51.4. The molecule has 4 aromatic heterocycles. The Hall–Kier alpha value is -13.9. The normalized spacial score (nSPS) is 19.0. The fraction of sp³-hybridized carbons (Fsp3) is 0.284. The monoisotopic (exact) mass is 1880 g/mol. The Kier molecular flexibility index (Phi) is 17.8. The van der Waals surface area contributed by atoms with Crippen molar-refractivity contribution in [1.29, 1.82) is 0 Å². The van der Waals surface area contributed by atoms with E-state index >= 15 is 0 Å². The number of hydrogen-bond donors (Lipinski definition) is 0. The van der Waals surface area contributed by atoms with Crippen LogP contribution in [0.1, 0.15) is 280 Å². The van der Waals surface area contributed by atoms with Crippen LogP contribution in [0.5, 0.6) is 0 Å². The number of nitrogens with zero attached hydrogens (tertiary/aromatic N) is 4. The molecule has 0 saturated carbocycles. The molecule has 4 heterocycles. The number of fused-ring (bicyclic) bond motifs is 34. The van der Waals surface area contributed by atoms with Crippen molar-refractivity contribution in [3.63, 3.8) is 0 Å². The van der Waals surface area contributed by atoms with E-state index in [2.05, 4.69) is 514 Å². The van der Waals surface area contributed by atoms with Gasteiger partial charge in [0.1, 0.15) is 0 Å². The van der Waals surface area contributed by atoms with Gasteiger partial charge in [0, 0.05) is 82.8 Å². The molecule has 16 aromatic carbocycles. The molecule has 0 amide bonds. The Morgan fingerprint density at radius 1 is 0.166 bits per heavy atom. The van der Waals surface area contributed by atoms with Gasteiger partial charge in [0.2, 0.25) is 0 Å². The minimum atomic E-state index is -0.393. The molecule has 0 saturated heterocycles. The van der Waals surface area contributed by atoms with E-state index in [-0.39, 0.29) is 70.4 Å². The summed E-state index contributed by atoms with van der Waals surface area (Å²) in [6.07, 6.45) is 1.86. The SMILES string of the molecule is CC1(C)c2ccccc2-c2cc3c4cc5c(cc4n(-c4ccc(-c6ccccn6)cc4)c3cc21)C(C)(C)C(C)(C)C5(C)C.CC1(C)c2ccccc2-c2cc3c4cc5c(cc4n(-c4ccc6c(c4)C4(c7ccccc7-c7ccccc74)c4ccccc4-6)c3cc21)C(C)(C)C(C)(C)C5(C)C.CC1(C)c2ccccc2-c2ccc(-n3c4cc5c(cc4c4cc6c(cc43)C(C)(C)C(C)(C)C6(C)C)-c3ccccc3C5(C)C)cc21. The molecule has 0 radical (unpaired) electrons. The summed E-state index contributed by atoms with van der Waals surface area (Å²) < 4.78 is 7.74. The van der Waals surface area contributed by atoms with Gasteiger partial charge in [-0.1, -0.05) is 380 Å². The van der Waals surface area contributed by atoms with Gasteiger partial charge in [-0.05, 0) is 337 Å². The Morgan fingerprint density at radius 2 is 0.386 bits per heavy atom. The van der Waals surface area contributed by atoms with Crippen LogP contribution in [0.3, 0.4) is 0 Å². The van der Waals surface area contributed by atoms with Crippen LogP contribution in [0.25, 0.3) is 160 Å². The van der Waals surface area contributed by atoms with Crippen LogP contribution < -0.4 is 0 Å². The Bertz CT molecular complexity index is 9120. The second kappa shape index (κ2) is 28.6. The van der Waals surface area contributed by atoms with Crippen molar-refractivity contribution in [2.75, 3.05) is 0 Å². The summed E-state index contributed by atoms with van der Waals surface area (Å²) in [5.41, 5.74) is 55.5. The minimum absolute atomic E-state index is 0.00868. The van der Waals surface area contributed by atoms with Gasteiger partial charge in [-0.3, -0.25) is 4.98 Å². The molecule has 1 spiro atoms. The third-order valence-corrected chi connectivity index (χ3v) is 42.4. The zero-order valence-corrected chi connectivity index (χ0v) is 89.5. The van der Waals surface area contributed by atoms with Crippen LogP contribution in [0.2, 0.25) is 0 Å². The highest BCUT2D eigenvalue weighted by atomic mass is 15.0. The summed E-state index contributed by atoms with van der Waals surface area (Å²) >= 11 is 0. The van der Waals surface area contributed by atoms with Gasteiger partial charge in [0.05, 0.1) is 44.2 Å². The molecule has 20 aromatic rings. The summed E-state index contributed by atoms with van der Waals surface area (Å²) in [6, 6.07) is 124. The smallest absolute Gasteiger partial charge is 0.0726 e. The van der Waals surface area contributed by atoms with E-state index in [0.717, 1.165) is 11.3 Å². The second-order valence-electron chi connectivity index (χ2n) is 51.4. The third-order valence-electron chi connectivity index (χ3n) is 42.4. The lowest BCUT2D eigenvalue weighted by Crippen LogP contribution is -2.42. The van der Waals surface area contributed by atoms with Gasteiger partial charge in [-0.25, -0.2) is 0 Å². The van der Waals surface area contributed by atoms with E-state index in [4.69, 9.17) is 0 Å². The lowest BCUT2D eigenvalue weighted by Gasteiger charge is -2.44. The molecule has 0 N–H and O–H groups in total. The quantitative estimate of drug-likeness (QED) is 0.173. The van der Waals surface area contributed by atoms with E-state index in [1.54, 1.807) is 0 Å². The highest BCUT2D eigenvalue weighted by molar-refractivity contribution is 6.16. The zero-order valence-electron chi connectivity index (χ0n) is 89.5. The predicted octanol–water partition coefficient (Wildman–Crippen LogP) is 36.8. The first-order chi connectivity index (χ1) is 68.8. The average Bonchev–Trinajstić information content (AvgIpc) is 1.51. The van der Waals surface area contributed by atoms with Crippen LogP contribution in [0.4, 0.5) is 0 Å². The van der Waals surface area contributed by atoms with E-state index in [1.807, 2.05) is 12.3 Å². The molecule has 29 rings (SSSR count).